The monoisotopic (exact) mass is 345 g/mol. The Morgan fingerprint density at radius 3 is 2.25 bits per heavy atom. The van der Waals surface area contributed by atoms with Gasteiger partial charge in [-0.25, -0.2) is 4.79 Å². The molecule has 20 heavy (non-hydrogen) atoms. The first-order chi connectivity index (χ1) is 9.40. The average Bonchev–Trinajstić information content (AvgIpc) is 2.42. The predicted octanol–water partition coefficient (Wildman–Crippen LogP) is 2.18. The molecule has 0 saturated carbocycles. The maximum absolute atomic E-state index is 12.0. The number of hydrogen-bond donors (Lipinski definition) is 1. The van der Waals surface area contributed by atoms with E-state index in [1.54, 1.807) is 4.90 Å². The van der Waals surface area contributed by atoms with Gasteiger partial charge in [-0.05, 0) is 12.3 Å². The molecule has 0 aromatic rings. The topological polar surface area (TPSA) is 52.7 Å². The van der Waals surface area contributed by atoms with Crippen molar-refractivity contribution in [1.82, 2.24) is 15.1 Å². The Morgan fingerprint density at radius 2 is 1.75 bits per heavy atom. The highest BCUT2D eigenvalue weighted by molar-refractivity contribution is 9.11. The van der Waals surface area contributed by atoms with Crippen molar-refractivity contribution in [2.24, 2.45) is 5.92 Å². The molecule has 0 spiro atoms. The number of piperazine rings is 1. The number of hydrogen-bond acceptors (Lipinski definition) is 2. The number of halogens is 1. The lowest BCUT2D eigenvalue weighted by molar-refractivity contribution is -0.132. The molecular formula is C14H24BrN3O2. The number of urea groups is 1. The highest BCUT2D eigenvalue weighted by Crippen LogP contribution is 2.09. The number of nitrogens with one attached hydrogen (secondary N) is 1. The summed E-state index contributed by atoms with van der Waals surface area (Å²) in [6, 6.07) is -0.0973. The van der Waals surface area contributed by atoms with E-state index >= 15 is 0 Å². The lowest BCUT2D eigenvalue weighted by atomic mass is 10.1. The second-order valence-corrected chi connectivity index (χ2v) is 6.60. The zero-order chi connectivity index (χ0) is 15.1. The van der Waals surface area contributed by atoms with Crippen molar-refractivity contribution in [2.75, 3.05) is 32.7 Å². The van der Waals surface area contributed by atoms with Gasteiger partial charge in [0.1, 0.15) is 0 Å². The van der Waals surface area contributed by atoms with Crippen molar-refractivity contribution in [3.63, 3.8) is 0 Å². The van der Waals surface area contributed by atoms with Crippen LogP contribution in [0.1, 0.15) is 26.7 Å². The normalized spacial score (nSPS) is 15.4. The van der Waals surface area contributed by atoms with Gasteiger partial charge in [-0.2, -0.15) is 0 Å². The first-order valence-corrected chi connectivity index (χ1v) is 7.83. The lowest BCUT2D eigenvalue weighted by Crippen LogP contribution is -2.53. The van der Waals surface area contributed by atoms with E-state index in [9.17, 15) is 9.59 Å². The van der Waals surface area contributed by atoms with Crippen LogP contribution in [0.25, 0.3) is 0 Å². The summed E-state index contributed by atoms with van der Waals surface area (Å²) in [6.45, 7) is 10.8. The molecule has 1 saturated heterocycles. The first-order valence-electron chi connectivity index (χ1n) is 7.04. The molecule has 5 nitrogen and oxygen atoms in total. The summed E-state index contributed by atoms with van der Waals surface area (Å²) in [5.74, 6) is 0.746. The molecule has 1 fully saturated rings. The third-order valence-corrected chi connectivity index (χ3v) is 3.57. The van der Waals surface area contributed by atoms with Crippen LogP contribution >= 0.6 is 15.9 Å². The Morgan fingerprint density at radius 1 is 1.20 bits per heavy atom. The molecule has 0 atom stereocenters. The fourth-order valence-corrected chi connectivity index (χ4v) is 2.15. The standard InChI is InChI=1S/C14H24BrN3O2/c1-11(2)4-5-13(19)17-6-8-18(9-7-17)14(20)16-10-12(3)15/h11H,3-10H2,1-2H3,(H,16,20). The van der Waals surface area contributed by atoms with E-state index in [1.165, 1.54) is 0 Å². The van der Waals surface area contributed by atoms with Crippen LogP contribution in [0.15, 0.2) is 11.1 Å². The van der Waals surface area contributed by atoms with Gasteiger partial charge in [0.05, 0.1) is 6.54 Å². The molecule has 0 bridgehead atoms. The van der Waals surface area contributed by atoms with E-state index in [1.807, 2.05) is 4.90 Å². The van der Waals surface area contributed by atoms with Gasteiger partial charge in [0.25, 0.3) is 0 Å². The maximum atomic E-state index is 12.0. The predicted molar refractivity (Wildman–Crippen MR) is 83.7 cm³/mol. The summed E-state index contributed by atoms with van der Waals surface area (Å²) in [4.78, 5) is 27.4. The molecular weight excluding hydrogens is 322 g/mol. The van der Waals surface area contributed by atoms with Crippen LogP contribution < -0.4 is 5.32 Å². The molecule has 1 N–H and O–H groups in total. The fraction of sp³-hybridized carbons (Fsp3) is 0.714. The summed E-state index contributed by atoms with van der Waals surface area (Å²) >= 11 is 3.20. The van der Waals surface area contributed by atoms with E-state index < -0.39 is 0 Å². The van der Waals surface area contributed by atoms with Gasteiger partial charge in [-0.1, -0.05) is 36.4 Å². The van der Waals surface area contributed by atoms with Gasteiger partial charge >= 0.3 is 6.03 Å². The molecule has 6 heteroatoms. The molecule has 1 heterocycles. The Balaban J connectivity index is 2.30. The highest BCUT2D eigenvalue weighted by atomic mass is 79.9. The smallest absolute Gasteiger partial charge is 0.317 e. The third-order valence-electron chi connectivity index (χ3n) is 3.29. The third kappa shape index (κ3) is 5.94. The van der Waals surface area contributed by atoms with Crippen molar-refractivity contribution in [3.8, 4) is 0 Å². The minimum Gasteiger partial charge on any atom is -0.339 e. The summed E-state index contributed by atoms with van der Waals surface area (Å²) < 4.78 is 0.744. The molecule has 1 aliphatic rings. The van der Waals surface area contributed by atoms with E-state index in [-0.39, 0.29) is 11.9 Å². The van der Waals surface area contributed by atoms with Crippen molar-refractivity contribution in [3.05, 3.63) is 11.1 Å². The van der Waals surface area contributed by atoms with Crippen molar-refractivity contribution in [1.29, 1.82) is 0 Å². The second kappa shape index (κ2) is 8.29. The van der Waals surface area contributed by atoms with Gasteiger partial charge in [-0.15, -0.1) is 0 Å². The molecule has 1 rings (SSSR count). The Labute approximate surface area is 129 Å². The van der Waals surface area contributed by atoms with Gasteiger partial charge < -0.3 is 15.1 Å². The average molecular weight is 346 g/mol. The molecule has 0 radical (unpaired) electrons. The molecule has 0 aliphatic carbocycles. The zero-order valence-electron chi connectivity index (χ0n) is 12.3. The first kappa shape index (κ1) is 17.0. The number of nitrogens with zero attached hydrogens (tertiary/aromatic N) is 2. The fourth-order valence-electron chi connectivity index (χ4n) is 2.01. The van der Waals surface area contributed by atoms with Crippen LogP contribution in [0, 0.1) is 5.92 Å². The van der Waals surface area contributed by atoms with Gasteiger partial charge in [0, 0.05) is 37.1 Å². The Hall–Kier alpha value is -1.04. The SMILES string of the molecule is C=C(Br)CNC(=O)N1CCN(C(=O)CCC(C)C)CC1. The minimum absolute atomic E-state index is 0.0973. The summed E-state index contributed by atoms with van der Waals surface area (Å²) in [5.41, 5.74) is 0. The quantitative estimate of drug-likeness (QED) is 0.830. The zero-order valence-corrected chi connectivity index (χ0v) is 13.9. The van der Waals surface area contributed by atoms with E-state index in [0.717, 1.165) is 10.9 Å². The molecule has 0 aromatic carbocycles. The van der Waals surface area contributed by atoms with Crippen molar-refractivity contribution in [2.45, 2.75) is 26.7 Å². The van der Waals surface area contributed by atoms with Crippen LogP contribution in [-0.2, 0) is 4.79 Å². The Kier molecular flexibility index (Phi) is 7.05. The second-order valence-electron chi connectivity index (χ2n) is 5.48. The molecule has 0 aromatic heterocycles. The number of amides is 3. The van der Waals surface area contributed by atoms with Crippen molar-refractivity contribution < 1.29 is 9.59 Å². The number of rotatable bonds is 5. The Bertz CT molecular complexity index is 363. The van der Waals surface area contributed by atoms with Gasteiger partial charge in [0.15, 0.2) is 0 Å². The van der Waals surface area contributed by atoms with Crippen LogP contribution in [0.5, 0.6) is 0 Å². The van der Waals surface area contributed by atoms with Crippen LogP contribution in [-0.4, -0.2) is 54.5 Å². The highest BCUT2D eigenvalue weighted by Gasteiger charge is 2.23. The van der Waals surface area contributed by atoms with Gasteiger partial charge in [-0.3, -0.25) is 4.79 Å². The largest absolute Gasteiger partial charge is 0.339 e. The van der Waals surface area contributed by atoms with Crippen LogP contribution in [0.3, 0.4) is 0 Å². The lowest BCUT2D eigenvalue weighted by Gasteiger charge is -2.34. The summed E-state index contributed by atoms with van der Waals surface area (Å²) in [5, 5.41) is 2.77. The maximum Gasteiger partial charge on any atom is 0.317 e. The number of carbonyl (C=O) groups excluding carboxylic acids is 2. The molecule has 114 valence electrons. The van der Waals surface area contributed by atoms with Crippen LogP contribution in [0.4, 0.5) is 4.79 Å². The molecule has 1 aliphatic heterocycles. The molecule has 0 unspecified atom stereocenters. The summed E-state index contributed by atoms with van der Waals surface area (Å²) in [7, 11) is 0. The van der Waals surface area contributed by atoms with E-state index in [4.69, 9.17) is 0 Å². The van der Waals surface area contributed by atoms with Gasteiger partial charge in [0.2, 0.25) is 5.91 Å². The van der Waals surface area contributed by atoms with Crippen LogP contribution in [0.2, 0.25) is 0 Å². The van der Waals surface area contributed by atoms with E-state index in [0.29, 0.717) is 45.1 Å². The molecule has 3 amide bonds. The summed E-state index contributed by atoms with van der Waals surface area (Å²) in [6.07, 6.45) is 1.53. The van der Waals surface area contributed by atoms with E-state index in [2.05, 4.69) is 41.7 Å². The minimum atomic E-state index is -0.0973. The van der Waals surface area contributed by atoms with Crippen molar-refractivity contribution >= 4 is 27.9 Å². The number of carbonyl (C=O) groups is 2.